The molecule has 0 saturated carbocycles. The maximum Gasteiger partial charge on any atom is 0.343 e. The van der Waals surface area contributed by atoms with Gasteiger partial charge >= 0.3 is 5.82 Å². The Labute approximate surface area is 127 Å². The van der Waals surface area contributed by atoms with E-state index in [-0.39, 0.29) is 11.8 Å². The van der Waals surface area contributed by atoms with Crippen LogP contribution in [0.1, 0.15) is 37.7 Å². The zero-order valence-electron chi connectivity index (χ0n) is 12.3. The molecule has 2 rings (SSSR count). The minimum Gasteiger partial charge on any atom is -0.368 e. The number of aromatic nitrogens is 4. The molecular weight excluding hydrogens is 284 g/mol. The first-order valence-corrected chi connectivity index (χ1v) is 7.08. The van der Waals surface area contributed by atoms with Crippen LogP contribution in [-0.4, -0.2) is 24.4 Å². The van der Waals surface area contributed by atoms with Gasteiger partial charge in [0, 0.05) is 12.3 Å². The normalized spacial score (nSPS) is 11.1. The summed E-state index contributed by atoms with van der Waals surface area (Å²) in [5, 5.41) is 11.1. The summed E-state index contributed by atoms with van der Waals surface area (Å²) in [6.45, 7) is 2.65. The summed E-state index contributed by atoms with van der Waals surface area (Å²) in [7, 11) is 0. The highest BCUT2D eigenvalue weighted by molar-refractivity contribution is 5.65. The molecule has 2 N–H and O–H groups in total. The van der Waals surface area contributed by atoms with E-state index in [1.54, 1.807) is 29.0 Å². The van der Waals surface area contributed by atoms with Gasteiger partial charge in [-0.15, -0.1) is 0 Å². The second-order valence-electron chi connectivity index (χ2n) is 4.76. The SMILES string of the molecule is CCCCCn1c([N+](=O)[O-])cnc1C=Cc1ccnc(N)n1. The highest BCUT2D eigenvalue weighted by Gasteiger charge is 2.17. The molecule has 2 aromatic rings. The Bertz CT molecular complexity index is 680. The third-order valence-electron chi connectivity index (χ3n) is 3.14. The Hall–Kier alpha value is -2.77. The molecule has 116 valence electrons. The zero-order valence-corrected chi connectivity index (χ0v) is 12.3. The van der Waals surface area contributed by atoms with Gasteiger partial charge in [-0.05, 0) is 29.9 Å². The second kappa shape index (κ2) is 7.30. The van der Waals surface area contributed by atoms with Crippen LogP contribution in [0.3, 0.4) is 0 Å². The number of anilines is 1. The van der Waals surface area contributed by atoms with Crippen molar-refractivity contribution in [3.8, 4) is 0 Å². The Balaban J connectivity index is 2.24. The molecule has 0 amide bonds. The number of nitrogen functional groups attached to an aromatic ring is 1. The van der Waals surface area contributed by atoms with Crippen molar-refractivity contribution in [1.82, 2.24) is 19.5 Å². The van der Waals surface area contributed by atoms with Gasteiger partial charge in [-0.2, -0.15) is 0 Å². The van der Waals surface area contributed by atoms with Crippen LogP contribution in [-0.2, 0) is 6.54 Å². The van der Waals surface area contributed by atoms with Crippen molar-refractivity contribution in [2.75, 3.05) is 5.73 Å². The van der Waals surface area contributed by atoms with E-state index in [2.05, 4.69) is 21.9 Å². The standard InChI is InChI=1S/C14H18N6O2/c1-2-3-4-9-19-12(17-10-13(19)20(21)22)6-5-11-7-8-16-14(15)18-11/h5-8,10H,2-4,9H2,1H3,(H2,15,16,18). The minimum absolute atomic E-state index is 0.00189. The van der Waals surface area contributed by atoms with E-state index in [4.69, 9.17) is 5.73 Å². The van der Waals surface area contributed by atoms with E-state index in [1.165, 1.54) is 6.20 Å². The monoisotopic (exact) mass is 302 g/mol. The van der Waals surface area contributed by atoms with Crippen LogP contribution in [0, 0.1) is 10.1 Å². The summed E-state index contributed by atoms with van der Waals surface area (Å²) in [4.78, 5) is 22.6. The van der Waals surface area contributed by atoms with E-state index in [9.17, 15) is 10.1 Å². The lowest BCUT2D eigenvalue weighted by Crippen LogP contribution is -2.05. The highest BCUT2D eigenvalue weighted by atomic mass is 16.6. The van der Waals surface area contributed by atoms with E-state index < -0.39 is 4.92 Å². The average Bonchev–Trinajstić information content (AvgIpc) is 2.89. The topological polar surface area (TPSA) is 113 Å². The van der Waals surface area contributed by atoms with E-state index in [0.29, 0.717) is 18.1 Å². The number of hydrogen-bond donors (Lipinski definition) is 1. The Morgan fingerprint density at radius 1 is 1.36 bits per heavy atom. The lowest BCUT2D eigenvalue weighted by atomic mass is 10.2. The molecule has 0 spiro atoms. The van der Waals surface area contributed by atoms with Crippen LogP contribution in [0.15, 0.2) is 18.5 Å². The van der Waals surface area contributed by atoms with Gasteiger partial charge < -0.3 is 15.8 Å². The number of nitrogens with zero attached hydrogens (tertiary/aromatic N) is 5. The summed E-state index contributed by atoms with van der Waals surface area (Å²) >= 11 is 0. The first-order valence-electron chi connectivity index (χ1n) is 7.08. The maximum absolute atomic E-state index is 11.1. The average molecular weight is 302 g/mol. The fourth-order valence-electron chi connectivity index (χ4n) is 2.05. The molecule has 22 heavy (non-hydrogen) atoms. The minimum atomic E-state index is -0.418. The van der Waals surface area contributed by atoms with Crippen molar-refractivity contribution in [2.45, 2.75) is 32.7 Å². The van der Waals surface area contributed by atoms with Crippen molar-refractivity contribution < 1.29 is 4.92 Å². The molecule has 0 fully saturated rings. The quantitative estimate of drug-likeness (QED) is 0.477. The predicted molar refractivity (Wildman–Crippen MR) is 83.8 cm³/mol. The van der Waals surface area contributed by atoms with E-state index in [0.717, 1.165) is 19.3 Å². The van der Waals surface area contributed by atoms with Crippen molar-refractivity contribution >= 4 is 23.9 Å². The number of hydrogen-bond acceptors (Lipinski definition) is 6. The molecule has 0 radical (unpaired) electrons. The van der Waals surface area contributed by atoms with Crippen LogP contribution in [0.25, 0.3) is 12.2 Å². The molecule has 0 bridgehead atoms. The third-order valence-corrected chi connectivity index (χ3v) is 3.14. The molecule has 8 nitrogen and oxygen atoms in total. The van der Waals surface area contributed by atoms with E-state index in [1.807, 2.05) is 0 Å². The number of nitro groups is 1. The maximum atomic E-state index is 11.1. The van der Waals surface area contributed by atoms with Gasteiger partial charge in [-0.25, -0.2) is 19.5 Å². The summed E-state index contributed by atoms with van der Waals surface area (Å²) in [6.07, 6.45) is 9.17. The van der Waals surface area contributed by atoms with Gasteiger partial charge in [-0.1, -0.05) is 13.3 Å². The van der Waals surface area contributed by atoms with Crippen molar-refractivity contribution in [1.29, 1.82) is 0 Å². The largest absolute Gasteiger partial charge is 0.368 e. The summed E-state index contributed by atoms with van der Waals surface area (Å²) < 4.78 is 1.61. The summed E-state index contributed by atoms with van der Waals surface area (Å²) in [6, 6.07) is 1.70. The third kappa shape index (κ3) is 3.87. The molecule has 0 unspecified atom stereocenters. The van der Waals surface area contributed by atoms with Gasteiger partial charge in [-0.3, -0.25) is 0 Å². The fourth-order valence-corrected chi connectivity index (χ4v) is 2.05. The van der Waals surface area contributed by atoms with Gasteiger partial charge in [0.15, 0.2) is 0 Å². The Morgan fingerprint density at radius 3 is 2.86 bits per heavy atom. The lowest BCUT2D eigenvalue weighted by molar-refractivity contribution is -0.392. The van der Waals surface area contributed by atoms with Gasteiger partial charge in [0.05, 0.1) is 12.2 Å². The fraction of sp³-hybridized carbons (Fsp3) is 0.357. The number of unbranched alkanes of at least 4 members (excludes halogenated alkanes) is 2. The van der Waals surface area contributed by atoms with Crippen LogP contribution in [0.4, 0.5) is 11.8 Å². The predicted octanol–water partition coefficient (Wildman–Crippen LogP) is 2.52. The van der Waals surface area contributed by atoms with Gasteiger partial charge in [0.2, 0.25) is 11.8 Å². The van der Waals surface area contributed by atoms with Crippen molar-refractivity contribution in [2.24, 2.45) is 0 Å². The van der Waals surface area contributed by atoms with Gasteiger partial charge in [0.25, 0.3) is 0 Å². The molecule has 0 aliphatic carbocycles. The number of rotatable bonds is 7. The van der Waals surface area contributed by atoms with Crippen molar-refractivity contribution in [3.05, 3.63) is 40.1 Å². The van der Waals surface area contributed by atoms with E-state index >= 15 is 0 Å². The van der Waals surface area contributed by atoms with Crippen molar-refractivity contribution in [3.63, 3.8) is 0 Å². The summed E-state index contributed by atoms with van der Waals surface area (Å²) in [5.74, 6) is 0.706. The molecule has 2 heterocycles. The van der Waals surface area contributed by atoms with Gasteiger partial charge in [0.1, 0.15) is 6.20 Å². The Kier molecular flexibility index (Phi) is 5.18. The molecule has 0 aliphatic rings. The van der Waals surface area contributed by atoms with Crippen LogP contribution >= 0.6 is 0 Å². The van der Waals surface area contributed by atoms with Crippen LogP contribution in [0.2, 0.25) is 0 Å². The molecule has 0 aromatic carbocycles. The number of imidazole rings is 1. The zero-order chi connectivity index (χ0) is 15.9. The number of nitrogens with two attached hydrogens (primary N) is 1. The highest BCUT2D eigenvalue weighted by Crippen LogP contribution is 2.17. The first-order chi connectivity index (χ1) is 10.6. The van der Waals surface area contributed by atoms with Crippen LogP contribution < -0.4 is 5.73 Å². The smallest absolute Gasteiger partial charge is 0.343 e. The first kappa shape index (κ1) is 15.6. The molecular formula is C14H18N6O2. The molecule has 0 aliphatic heterocycles. The second-order valence-corrected chi connectivity index (χ2v) is 4.76. The summed E-state index contributed by atoms with van der Waals surface area (Å²) in [5.41, 5.74) is 6.14. The molecule has 8 heteroatoms. The van der Waals surface area contributed by atoms with Crippen LogP contribution in [0.5, 0.6) is 0 Å². The lowest BCUT2D eigenvalue weighted by Gasteiger charge is -2.02. The molecule has 0 saturated heterocycles. The Morgan fingerprint density at radius 2 is 2.18 bits per heavy atom. The molecule has 0 atom stereocenters. The molecule has 2 aromatic heterocycles.